The number of alkyl halides is 3. The molecule has 0 spiro atoms. The van der Waals surface area contributed by atoms with E-state index in [0.717, 1.165) is 4.57 Å². The Bertz CT molecular complexity index is 889. The summed E-state index contributed by atoms with van der Waals surface area (Å²) in [5.41, 5.74) is 4.42. The zero-order valence-corrected chi connectivity index (χ0v) is 14.7. The van der Waals surface area contributed by atoms with E-state index in [0.29, 0.717) is 4.60 Å². The first kappa shape index (κ1) is 22.4. The van der Waals surface area contributed by atoms with Gasteiger partial charge in [0.05, 0.1) is 0 Å². The number of carbonyl (C=O) groups is 1. The molecule has 0 radical (unpaired) electrons. The van der Waals surface area contributed by atoms with Crippen LogP contribution in [0.25, 0.3) is 5.82 Å². The fourth-order valence-electron chi connectivity index (χ4n) is 1.61. The molecule has 8 nitrogen and oxygen atoms in total. The minimum atomic E-state index is -5.08. The number of aromatic amines is 1. The number of nitrogens with zero attached hydrogens (tertiary/aromatic N) is 3. The lowest BCUT2D eigenvalue weighted by atomic mass is 10.2. The number of hydrogen-bond acceptors (Lipinski definition) is 5. The van der Waals surface area contributed by atoms with Crippen molar-refractivity contribution in [2.75, 3.05) is 6.54 Å². The molecule has 148 valence electrons. The topological polar surface area (TPSA) is 127 Å². The lowest BCUT2D eigenvalue weighted by Crippen LogP contribution is -2.21. The summed E-state index contributed by atoms with van der Waals surface area (Å²) in [4.78, 5) is 24.7. The van der Waals surface area contributed by atoms with Crippen molar-refractivity contribution in [3.8, 4) is 5.82 Å². The van der Waals surface area contributed by atoms with Gasteiger partial charge in [0.2, 0.25) is 0 Å². The van der Waals surface area contributed by atoms with Gasteiger partial charge in [0.15, 0.2) is 0 Å². The van der Waals surface area contributed by atoms with Crippen molar-refractivity contribution in [1.29, 1.82) is 0 Å². The Morgan fingerprint density at radius 3 is 2.37 bits per heavy atom. The molecule has 2 aromatic heterocycles. The molecule has 0 fully saturated rings. The van der Waals surface area contributed by atoms with E-state index in [2.05, 4.69) is 31.1 Å². The number of carboxylic acids is 1. The van der Waals surface area contributed by atoms with Gasteiger partial charge in [-0.3, -0.25) is 0 Å². The van der Waals surface area contributed by atoms with E-state index >= 15 is 0 Å². The second-order valence-corrected chi connectivity index (χ2v) is 5.46. The summed E-state index contributed by atoms with van der Waals surface area (Å²) in [5.74, 6) is -2.36. The molecule has 0 atom stereocenters. The van der Waals surface area contributed by atoms with Crippen LogP contribution in [0.1, 0.15) is 5.82 Å². The lowest BCUT2D eigenvalue weighted by Gasteiger charge is -2.06. The van der Waals surface area contributed by atoms with Gasteiger partial charge in [-0.05, 0) is 28.1 Å². The van der Waals surface area contributed by atoms with Gasteiger partial charge < -0.3 is 10.8 Å². The molecular formula is C13H11BrF5N5O3. The van der Waals surface area contributed by atoms with Crippen LogP contribution in [0.5, 0.6) is 0 Å². The van der Waals surface area contributed by atoms with Gasteiger partial charge in [-0.2, -0.15) is 27.1 Å². The molecule has 2 aromatic rings. The first-order valence-electron chi connectivity index (χ1n) is 6.79. The quantitative estimate of drug-likeness (QED) is 0.474. The summed E-state index contributed by atoms with van der Waals surface area (Å²) in [7, 11) is 0. The molecule has 2 rings (SSSR count). The van der Waals surface area contributed by atoms with Crippen LogP contribution in [-0.4, -0.2) is 43.5 Å². The third-order valence-corrected chi connectivity index (χ3v) is 3.24. The minimum Gasteiger partial charge on any atom is -0.475 e. The van der Waals surface area contributed by atoms with E-state index in [1.807, 2.05) is 0 Å². The van der Waals surface area contributed by atoms with Crippen LogP contribution in [0.3, 0.4) is 0 Å². The molecule has 0 aromatic carbocycles. The van der Waals surface area contributed by atoms with Crippen molar-refractivity contribution in [2.24, 2.45) is 5.73 Å². The van der Waals surface area contributed by atoms with E-state index in [1.54, 1.807) is 18.2 Å². The number of H-pyrrole nitrogens is 1. The highest BCUT2D eigenvalue weighted by molar-refractivity contribution is 9.10. The van der Waals surface area contributed by atoms with Crippen molar-refractivity contribution in [1.82, 2.24) is 19.7 Å². The van der Waals surface area contributed by atoms with E-state index in [1.165, 1.54) is 0 Å². The third kappa shape index (κ3) is 6.56. The molecule has 2 heterocycles. The first-order valence-corrected chi connectivity index (χ1v) is 7.59. The summed E-state index contributed by atoms with van der Waals surface area (Å²) in [5, 5.41) is 13.1. The van der Waals surface area contributed by atoms with Gasteiger partial charge in [0, 0.05) is 18.5 Å². The van der Waals surface area contributed by atoms with Gasteiger partial charge in [-0.1, -0.05) is 6.07 Å². The van der Waals surface area contributed by atoms with Crippen LogP contribution in [-0.2, 0) is 11.2 Å². The molecule has 0 aliphatic rings. The zero-order chi connectivity index (χ0) is 20.8. The highest BCUT2D eigenvalue weighted by Crippen LogP contribution is 2.15. The number of nitrogens with one attached hydrogen (secondary N) is 1. The normalized spacial score (nSPS) is 10.8. The largest absolute Gasteiger partial charge is 0.490 e. The van der Waals surface area contributed by atoms with Crippen LogP contribution in [0.4, 0.5) is 22.0 Å². The zero-order valence-electron chi connectivity index (χ0n) is 13.1. The Labute approximate surface area is 155 Å². The third-order valence-electron chi connectivity index (χ3n) is 2.80. The van der Waals surface area contributed by atoms with E-state index in [9.17, 15) is 26.7 Å². The Morgan fingerprint density at radius 2 is 1.93 bits per heavy atom. The maximum absolute atomic E-state index is 12.6. The number of rotatable bonds is 4. The molecule has 4 N–H and O–H groups in total. The fourth-order valence-corrected chi connectivity index (χ4v) is 1.95. The van der Waals surface area contributed by atoms with Gasteiger partial charge in [-0.25, -0.2) is 24.2 Å². The molecule has 14 heteroatoms. The summed E-state index contributed by atoms with van der Waals surface area (Å²) >= 11 is 3.18. The smallest absolute Gasteiger partial charge is 0.475 e. The average molecular weight is 460 g/mol. The van der Waals surface area contributed by atoms with Crippen molar-refractivity contribution < 1.29 is 31.9 Å². The maximum Gasteiger partial charge on any atom is 0.490 e. The Balaban J connectivity index is 0.000000445. The average Bonchev–Trinajstić information content (AvgIpc) is 2.92. The Hall–Kier alpha value is -2.61. The second kappa shape index (κ2) is 9.36. The molecule has 0 aliphatic carbocycles. The number of hydrogen-bond donors (Lipinski definition) is 3. The van der Waals surface area contributed by atoms with E-state index in [4.69, 9.17) is 15.6 Å². The first-order chi connectivity index (χ1) is 12.5. The molecular weight excluding hydrogens is 449 g/mol. The van der Waals surface area contributed by atoms with Gasteiger partial charge >= 0.3 is 17.8 Å². The second-order valence-electron chi connectivity index (χ2n) is 4.65. The molecule has 0 bridgehead atoms. The Morgan fingerprint density at radius 1 is 1.33 bits per heavy atom. The summed E-state index contributed by atoms with van der Waals surface area (Å²) in [6.07, 6.45) is -7.18. The lowest BCUT2D eigenvalue weighted by molar-refractivity contribution is -0.192. The molecule has 0 aliphatic heterocycles. The number of carboxylic acid groups (broad SMARTS) is 1. The molecule has 0 unspecified atom stereocenters. The fraction of sp³-hybridized carbons (Fsp3) is 0.231. The number of pyridine rings is 1. The van der Waals surface area contributed by atoms with Gasteiger partial charge in [-0.15, -0.1) is 0 Å². The van der Waals surface area contributed by atoms with E-state index in [-0.39, 0.29) is 30.2 Å². The molecule has 0 saturated heterocycles. The highest BCUT2D eigenvalue weighted by atomic mass is 79.9. The van der Waals surface area contributed by atoms with Gasteiger partial charge in [0.1, 0.15) is 16.2 Å². The minimum absolute atomic E-state index is 0.119. The molecule has 0 amide bonds. The van der Waals surface area contributed by atoms with E-state index < -0.39 is 23.9 Å². The number of nitrogens with two attached hydrogens (primary N) is 1. The van der Waals surface area contributed by atoms with Crippen molar-refractivity contribution >= 4 is 21.9 Å². The van der Waals surface area contributed by atoms with Crippen molar-refractivity contribution in [3.05, 3.63) is 50.8 Å². The number of halogens is 6. The molecule has 0 saturated carbocycles. The number of aliphatic carboxylic acids is 1. The van der Waals surface area contributed by atoms with Crippen molar-refractivity contribution in [3.63, 3.8) is 0 Å². The van der Waals surface area contributed by atoms with Gasteiger partial charge in [0.25, 0.3) is 6.08 Å². The Kier molecular flexibility index (Phi) is 7.78. The predicted octanol–water partition coefficient (Wildman–Crippen LogP) is 2.00. The standard InChI is InChI=1S/C11H10BrF2N5O.C2HF3O2/c12-7-2-1-3-8(16-7)19-9(17-18-11(19)20)4-6(5-15)10(13)14;3-2(4,5)1(6)7/h1-3H,4-5,15H2,(H,18,20);(H,6,7). The van der Waals surface area contributed by atoms with Crippen LogP contribution in [0.15, 0.2) is 39.3 Å². The summed E-state index contributed by atoms with van der Waals surface area (Å²) in [6, 6.07) is 4.93. The van der Waals surface area contributed by atoms with Crippen LogP contribution in [0.2, 0.25) is 0 Å². The van der Waals surface area contributed by atoms with Crippen LogP contribution in [0, 0.1) is 0 Å². The van der Waals surface area contributed by atoms with Crippen LogP contribution < -0.4 is 11.4 Å². The van der Waals surface area contributed by atoms with Crippen molar-refractivity contribution in [2.45, 2.75) is 12.6 Å². The highest BCUT2D eigenvalue weighted by Gasteiger charge is 2.38. The van der Waals surface area contributed by atoms with Crippen LogP contribution >= 0.6 is 15.9 Å². The molecule has 27 heavy (non-hydrogen) atoms. The SMILES string of the molecule is NCC(Cc1n[nH]c(=O)n1-c1cccc(Br)n1)=C(F)F.O=C(O)C(F)(F)F. The summed E-state index contributed by atoms with van der Waals surface area (Å²) < 4.78 is 58.7. The monoisotopic (exact) mass is 459 g/mol. The number of aromatic nitrogens is 4. The summed E-state index contributed by atoms with van der Waals surface area (Å²) in [6.45, 7) is -0.310. The maximum atomic E-state index is 12.6. The predicted molar refractivity (Wildman–Crippen MR) is 85.4 cm³/mol.